The number of nitrogens with one attached hydrogen (secondary N) is 1. The molecule has 3 N–H and O–H groups in total. The molecule has 1 aliphatic rings. The predicted molar refractivity (Wildman–Crippen MR) is 71.5 cm³/mol. The van der Waals surface area contributed by atoms with Gasteiger partial charge in [-0.25, -0.2) is 0 Å². The van der Waals surface area contributed by atoms with Gasteiger partial charge in [0.05, 0.1) is 0 Å². The van der Waals surface area contributed by atoms with E-state index in [0.717, 1.165) is 22.9 Å². The molecule has 0 heterocycles. The topological polar surface area (TPSA) is 55.1 Å². The van der Waals surface area contributed by atoms with Crippen molar-refractivity contribution in [2.24, 2.45) is 5.73 Å². The summed E-state index contributed by atoms with van der Waals surface area (Å²) in [5.41, 5.74) is 5.83. The third kappa shape index (κ3) is 2.53. The standard InChI is InChI=1S/C13H17BrN2O/c1-2-13(12(15)17,16-11-6-7-11)9-4-3-5-10(14)8-9/h3-5,8,11,16H,2,6-7H2,1H3,(H2,15,17). The van der Waals surface area contributed by atoms with Crippen LogP contribution >= 0.6 is 15.9 Å². The number of carbonyl (C=O) groups is 1. The van der Waals surface area contributed by atoms with Crippen LogP contribution in [0.5, 0.6) is 0 Å². The lowest BCUT2D eigenvalue weighted by molar-refractivity contribution is -0.125. The summed E-state index contributed by atoms with van der Waals surface area (Å²) in [4.78, 5) is 11.9. The van der Waals surface area contributed by atoms with Crippen LogP contribution in [-0.4, -0.2) is 11.9 Å². The van der Waals surface area contributed by atoms with E-state index in [9.17, 15) is 4.79 Å². The van der Waals surface area contributed by atoms with Gasteiger partial charge in [-0.3, -0.25) is 10.1 Å². The van der Waals surface area contributed by atoms with Crippen molar-refractivity contribution in [1.82, 2.24) is 5.32 Å². The molecule has 0 saturated heterocycles. The highest BCUT2D eigenvalue weighted by Crippen LogP contribution is 2.32. The molecule has 0 spiro atoms. The van der Waals surface area contributed by atoms with Gasteiger partial charge >= 0.3 is 0 Å². The first-order valence-corrected chi connectivity index (χ1v) is 6.71. The number of hydrogen-bond acceptors (Lipinski definition) is 2. The summed E-state index contributed by atoms with van der Waals surface area (Å²) in [6.07, 6.45) is 2.92. The van der Waals surface area contributed by atoms with Crippen molar-refractivity contribution >= 4 is 21.8 Å². The molecule has 17 heavy (non-hydrogen) atoms. The molecule has 1 unspecified atom stereocenters. The summed E-state index contributed by atoms with van der Waals surface area (Å²) < 4.78 is 0.965. The highest BCUT2D eigenvalue weighted by Gasteiger charge is 2.41. The minimum Gasteiger partial charge on any atom is -0.368 e. The minimum absolute atomic E-state index is 0.301. The van der Waals surface area contributed by atoms with Crippen molar-refractivity contribution in [1.29, 1.82) is 0 Å². The lowest BCUT2D eigenvalue weighted by atomic mass is 9.86. The molecular weight excluding hydrogens is 280 g/mol. The number of hydrogen-bond donors (Lipinski definition) is 2. The zero-order valence-corrected chi connectivity index (χ0v) is 11.5. The highest BCUT2D eigenvalue weighted by molar-refractivity contribution is 9.10. The van der Waals surface area contributed by atoms with E-state index in [-0.39, 0.29) is 5.91 Å². The van der Waals surface area contributed by atoms with Gasteiger partial charge in [0, 0.05) is 10.5 Å². The summed E-state index contributed by atoms with van der Waals surface area (Å²) in [7, 11) is 0. The molecule has 0 radical (unpaired) electrons. The van der Waals surface area contributed by atoms with Crippen molar-refractivity contribution in [3.8, 4) is 0 Å². The second-order valence-corrected chi connectivity index (χ2v) is 5.47. The zero-order chi connectivity index (χ0) is 12.5. The van der Waals surface area contributed by atoms with E-state index in [2.05, 4.69) is 21.2 Å². The summed E-state index contributed by atoms with van der Waals surface area (Å²) in [5, 5.41) is 3.40. The van der Waals surface area contributed by atoms with Gasteiger partial charge in [-0.2, -0.15) is 0 Å². The van der Waals surface area contributed by atoms with E-state index < -0.39 is 5.54 Å². The average molecular weight is 297 g/mol. The van der Waals surface area contributed by atoms with E-state index in [1.54, 1.807) is 0 Å². The molecule has 0 bridgehead atoms. The summed E-state index contributed by atoms with van der Waals surface area (Å²) >= 11 is 3.43. The second-order valence-electron chi connectivity index (χ2n) is 4.55. The van der Waals surface area contributed by atoms with Gasteiger partial charge in [0.2, 0.25) is 5.91 Å². The second kappa shape index (κ2) is 4.78. The van der Waals surface area contributed by atoms with Crippen molar-refractivity contribution < 1.29 is 4.79 Å². The third-order valence-corrected chi connectivity index (χ3v) is 3.79. The molecule has 1 aliphatic carbocycles. The van der Waals surface area contributed by atoms with Crippen LogP contribution in [0.4, 0.5) is 0 Å². The fourth-order valence-electron chi connectivity index (χ4n) is 2.11. The lowest BCUT2D eigenvalue weighted by Crippen LogP contribution is -2.53. The lowest BCUT2D eigenvalue weighted by Gasteiger charge is -2.31. The van der Waals surface area contributed by atoms with Crippen LogP contribution in [0.25, 0.3) is 0 Å². The molecule has 1 amide bonds. The van der Waals surface area contributed by atoms with Crippen molar-refractivity contribution in [2.45, 2.75) is 37.8 Å². The molecule has 1 atom stereocenters. The van der Waals surface area contributed by atoms with Crippen LogP contribution < -0.4 is 11.1 Å². The Balaban J connectivity index is 2.39. The fourth-order valence-corrected chi connectivity index (χ4v) is 2.51. The number of carbonyl (C=O) groups excluding carboxylic acids is 1. The van der Waals surface area contributed by atoms with Gasteiger partial charge < -0.3 is 5.73 Å². The van der Waals surface area contributed by atoms with Gasteiger partial charge in [0.15, 0.2) is 0 Å². The Hall–Kier alpha value is -0.870. The number of halogens is 1. The predicted octanol–water partition coefficient (Wildman–Crippen LogP) is 2.29. The maximum atomic E-state index is 11.9. The first-order chi connectivity index (χ1) is 8.08. The SMILES string of the molecule is CCC(NC1CC1)(C(N)=O)c1cccc(Br)c1. The molecule has 2 rings (SSSR count). The molecule has 0 aliphatic heterocycles. The highest BCUT2D eigenvalue weighted by atomic mass is 79.9. The van der Waals surface area contributed by atoms with Crippen LogP contribution in [-0.2, 0) is 10.3 Å². The Labute approximate surface area is 110 Å². The zero-order valence-electron chi connectivity index (χ0n) is 9.87. The Morgan fingerprint density at radius 3 is 2.76 bits per heavy atom. The Morgan fingerprint density at radius 2 is 2.29 bits per heavy atom. The van der Waals surface area contributed by atoms with E-state index in [1.165, 1.54) is 0 Å². The van der Waals surface area contributed by atoms with Crippen molar-refractivity contribution in [3.05, 3.63) is 34.3 Å². The quantitative estimate of drug-likeness (QED) is 0.876. The molecule has 3 nitrogen and oxygen atoms in total. The average Bonchev–Trinajstić information content (AvgIpc) is 3.09. The maximum Gasteiger partial charge on any atom is 0.242 e. The van der Waals surface area contributed by atoms with E-state index in [1.807, 2.05) is 31.2 Å². The molecular formula is C13H17BrN2O. The van der Waals surface area contributed by atoms with Crippen LogP contribution in [0, 0.1) is 0 Å². The minimum atomic E-state index is -0.731. The monoisotopic (exact) mass is 296 g/mol. The largest absolute Gasteiger partial charge is 0.368 e. The number of primary amides is 1. The molecule has 4 heteroatoms. The Kier molecular flexibility index (Phi) is 3.54. The van der Waals surface area contributed by atoms with Crippen molar-refractivity contribution in [2.75, 3.05) is 0 Å². The number of rotatable bonds is 5. The van der Waals surface area contributed by atoms with E-state index >= 15 is 0 Å². The number of nitrogens with two attached hydrogens (primary N) is 1. The number of benzene rings is 1. The molecule has 1 saturated carbocycles. The molecule has 1 aromatic rings. The summed E-state index contributed by atoms with van der Waals surface area (Å²) in [6.45, 7) is 1.99. The van der Waals surface area contributed by atoms with E-state index in [4.69, 9.17) is 5.73 Å². The van der Waals surface area contributed by atoms with Crippen molar-refractivity contribution in [3.63, 3.8) is 0 Å². The Bertz CT molecular complexity index is 431. The van der Waals surface area contributed by atoms with Gasteiger partial charge in [0.25, 0.3) is 0 Å². The Morgan fingerprint density at radius 1 is 1.59 bits per heavy atom. The smallest absolute Gasteiger partial charge is 0.242 e. The van der Waals surface area contributed by atoms with Crippen LogP contribution in [0.3, 0.4) is 0 Å². The summed E-state index contributed by atoms with van der Waals surface area (Å²) in [5.74, 6) is -0.301. The van der Waals surface area contributed by atoms with Gasteiger partial charge in [-0.05, 0) is 37.0 Å². The van der Waals surface area contributed by atoms with E-state index in [0.29, 0.717) is 12.5 Å². The fraction of sp³-hybridized carbons (Fsp3) is 0.462. The third-order valence-electron chi connectivity index (χ3n) is 3.30. The normalized spacial score (nSPS) is 18.7. The molecule has 1 aromatic carbocycles. The van der Waals surface area contributed by atoms with Gasteiger partial charge in [0.1, 0.15) is 5.54 Å². The molecule has 0 aromatic heterocycles. The number of amides is 1. The van der Waals surface area contributed by atoms with Gasteiger partial charge in [-0.1, -0.05) is 35.0 Å². The first kappa shape index (κ1) is 12.6. The van der Waals surface area contributed by atoms with Crippen LogP contribution in [0.1, 0.15) is 31.7 Å². The molecule has 1 fully saturated rings. The van der Waals surface area contributed by atoms with Crippen LogP contribution in [0.15, 0.2) is 28.7 Å². The van der Waals surface area contributed by atoms with Crippen LogP contribution in [0.2, 0.25) is 0 Å². The molecule has 92 valence electrons. The maximum absolute atomic E-state index is 11.9. The first-order valence-electron chi connectivity index (χ1n) is 5.92. The van der Waals surface area contributed by atoms with Gasteiger partial charge in [-0.15, -0.1) is 0 Å². The summed E-state index contributed by atoms with van der Waals surface area (Å²) in [6, 6.07) is 8.22.